The highest BCUT2D eigenvalue weighted by atomic mass is 16.5. The molecule has 1 N–H and O–H groups in total. The van der Waals surface area contributed by atoms with Crippen molar-refractivity contribution < 1.29 is 19.1 Å². The first-order valence-electron chi connectivity index (χ1n) is 9.34. The van der Waals surface area contributed by atoms with E-state index in [4.69, 9.17) is 4.74 Å². The van der Waals surface area contributed by atoms with E-state index in [-0.39, 0.29) is 23.6 Å². The van der Waals surface area contributed by atoms with E-state index in [9.17, 15) is 14.4 Å². The van der Waals surface area contributed by atoms with E-state index in [1.165, 1.54) is 0 Å². The second kappa shape index (κ2) is 8.47. The second-order valence-electron chi connectivity index (χ2n) is 8.06. The minimum absolute atomic E-state index is 0.0750. The van der Waals surface area contributed by atoms with Crippen LogP contribution in [0.25, 0.3) is 0 Å². The van der Waals surface area contributed by atoms with Gasteiger partial charge in [0.2, 0.25) is 11.7 Å². The van der Waals surface area contributed by atoms with Crippen molar-refractivity contribution in [1.82, 2.24) is 0 Å². The molecular formula is C21H29NO4. The molecule has 142 valence electrons. The van der Waals surface area contributed by atoms with Crippen LogP contribution in [0.4, 0.5) is 5.69 Å². The molecule has 0 aliphatic heterocycles. The summed E-state index contributed by atoms with van der Waals surface area (Å²) in [6.07, 6.45) is 4.15. The van der Waals surface area contributed by atoms with Crippen molar-refractivity contribution in [3.63, 3.8) is 0 Å². The molecular weight excluding hydrogens is 330 g/mol. The van der Waals surface area contributed by atoms with Crippen LogP contribution < -0.4 is 5.32 Å². The van der Waals surface area contributed by atoms with Gasteiger partial charge in [-0.25, -0.2) is 0 Å². The first kappa shape index (κ1) is 20.1. The highest BCUT2D eigenvalue weighted by molar-refractivity contribution is 6.01. The highest BCUT2D eigenvalue weighted by Gasteiger charge is 2.27. The van der Waals surface area contributed by atoms with E-state index in [0.29, 0.717) is 11.3 Å². The van der Waals surface area contributed by atoms with Crippen LogP contribution in [0.15, 0.2) is 24.3 Å². The zero-order valence-corrected chi connectivity index (χ0v) is 16.1. The van der Waals surface area contributed by atoms with Gasteiger partial charge in [-0.2, -0.15) is 0 Å². The van der Waals surface area contributed by atoms with Crippen molar-refractivity contribution >= 4 is 23.3 Å². The number of carbonyl (C=O) groups is 3. The van der Waals surface area contributed by atoms with Crippen molar-refractivity contribution in [2.45, 2.75) is 65.9 Å². The first-order chi connectivity index (χ1) is 12.2. The lowest BCUT2D eigenvalue weighted by Gasteiger charge is -2.22. The number of esters is 1. The van der Waals surface area contributed by atoms with Crippen LogP contribution in [0, 0.1) is 11.3 Å². The van der Waals surface area contributed by atoms with Crippen molar-refractivity contribution in [3.8, 4) is 0 Å². The summed E-state index contributed by atoms with van der Waals surface area (Å²) < 4.78 is 5.39. The summed E-state index contributed by atoms with van der Waals surface area (Å²) in [5.41, 5.74) is 0.604. The predicted octanol–water partition coefficient (Wildman–Crippen LogP) is 4.37. The molecule has 26 heavy (non-hydrogen) atoms. The Balaban J connectivity index is 1.94. The summed E-state index contributed by atoms with van der Waals surface area (Å²) >= 11 is 0. The van der Waals surface area contributed by atoms with E-state index >= 15 is 0 Å². The van der Waals surface area contributed by atoms with Gasteiger partial charge in [0.1, 0.15) is 0 Å². The van der Waals surface area contributed by atoms with Gasteiger partial charge in [-0.05, 0) is 44.0 Å². The van der Waals surface area contributed by atoms with Gasteiger partial charge < -0.3 is 10.1 Å². The van der Waals surface area contributed by atoms with Gasteiger partial charge in [0.15, 0.2) is 6.10 Å². The molecule has 0 radical (unpaired) electrons. The molecule has 1 atom stereocenters. The molecule has 5 nitrogen and oxygen atoms in total. The Labute approximate surface area is 155 Å². The number of benzene rings is 1. The van der Waals surface area contributed by atoms with Gasteiger partial charge in [0.25, 0.3) is 0 Å². The first-order valence-corrected chi connectivity index (χ1v) is 9.34. The Hall–Kier alpha value is -2.17. The van der Waals surface area contributed by atoms with Gasteiger partial charge in [-0.3, -0.25) is 14.4 Å². The molecule has 1 aromatic rings. The average Bonchev–Trinajstić information content (AvgIpc) is 2.61. The Kier molecular flexibility index (Phi) is 6.57. The number of rotatable bonds is 5. The Morgan fingerprint density at radius 3 is 2.15 bits per heavy atom. The highest BCUT2D eigenvalue weighted by Crippen LogP contribution is 2.25. The number of carbonyl (C=O) groups excluding carboxylic acids is 3. The molecule has 1 aliphatic rings. The largest absolute Gasteiger partial charge is 0.454 e. The molecule has 1 amide bonds. The number of ketones is 1. The molecule has 5 heteroatoms. The molecule has 2 rings (SSSR count). The van der Waals surface area contributed by atoms with Crippen molar-refractivity contribution in [2.75, 3.05) is 5.32 Å². The average molecular weight is 359 g/mol. The number of Topliss-reactive ketones (excluding diaryl/α,β-unsaturated/α-hetero) is 1. The maximum atomic E-state index is 12.5. The normalized spacial score (nSPS) is 16.6. The number of hydrogen-bond donors (Lipinski definition) is 1. The molecule has 0 bridgehead atoms. The number of amides is 1. The monoisotopic (exact) mass is 359 g/mol. The quantitative estimate of drug-likeness (QED) is 0.626. The molecule has 1 fully saturated rings. The Bertz CT molecular complexity index is 652. The summed E-state index contributed by atoms with van der Waals surface area (Å²) in [7, 11) is 0. The lowest BCUT2D eigenvalue weighted by Crippen LogP contribution is -2.29. The lowest BCUT2D eigenvalue weighted by atomic mass is 9.89. The molecule has 1 saturated carbocycles. The fraction of sp³-hybridized carbons (Fsp3) is 0.571. The van der Waals surface area contributed by atoms with Crippen molar-refractivity contribution in [2.24, 2.45) is 11.3 Å². The summed E-state index contributed by atoms with van der Waals surface area (Å²) in [5, 5.41) is 2.82. The Morgan fingerprint density at radius 1 is 1.04 bits per heavy atom. The fourth-order valence-corrected chi connectivity index (χ4v) is 2.93. The van der Waals surface area contributed by atoms with Crippen LogP contribution in [0.5, 0.6) is 0 Å². The van der Waals surface area contributed by atoms with Crippen LogP contribution in [-0.2, 0) is 14.3 Å². The maximum Gasteiger partial charge on any atom is 0.309 e. The summed E-state index contributed by atoms with van der Waals surface area (Å²) in [4.78, 5) is 36.7. The minimum Gasteiger partial charge on any atom is -0.454 e. The van der Waals surface area contributed by atoms with E-state index in [0.717, 1.165) is 32.1 Å². The van der Waals surface area contributed by atoms with E-state index in [2.05, 4.69) is 5.32 Å². The van der Waals surface area contributed by atoms with Gasteiger partial charge in [-0.15, -0.1) is 0 Å². The standard InChI is InChI=1S/C21H29NO4/c1-14(26-19(24)16-8-6-5-7-9-16)18(23)15-10-12-17(13-11-15)22-20(25)21(2,3)4/h10-14,16H,5-9H2,1-4H3,(H,22,25)/t14-/m0/s1. The number of ether oxygens (including phenoxy) is 1. The third-order valence-electron chi connectivity index (χ3n) is 4.71. The zero-order valence-electron chi connectivity index (χ0n) is 16.1. The van der Waals surface area contributed by atoms with E-state index in [1.807, 2.05) is 20.8 Å². The van der Waals surface area contributed by atoms with E-state index in [1.54, 1.807) is 31.2 Å². The third kappa shape index (κ3) is 5.41. The van der Waals surface area contributed by atoms with Crippen molar-refractivity contribution in [1.29, 1.82) is 0 Å². The van der Waals surface area contributed by atoms with Crippen LogP contribution in [-0.4, -0.2) is 23.8 Å². The molecule has 1 aliphatic carbocycles. The maximum absolute atomic E-state index is 12.5. The van der Waals surface area contributed by atoms with E-state index < -0.39 is 11.5 Å². The van der Waals surface area contributed by atoms with Gasteiger partial charge in [-0.1, -0.05) is 40.0 Å². The molecule has 1 aromatic carbocycles. The minimum atomic E-state index is -0.806. The van der Waals surface area contributed by atoms with Gasteiger partial charge in [0.05, 0.1) is 5.92 Å². The summed E-state index contributed by atoms with van der Waals surface area (Å²) in [6.45, 7) is 7.12. The lowest BCUT2D eigenvalue weighted by molar-refractivity contribution is -0.152. The summed E-state index contributed by atoms with van der Waals surface area (Å²) in [6, 6.07) is 6.66. The number of anilines is 1. The molecule has 0 saturated heterocycles. The SMILES string of the molecule is C[C@H](OC(=O)C1CCCCC1)C(=O)c1ccc(NC(=O)C(C)(C)C)cc1. The fourth-order valence-electron chi connectivity index (χ4n) is 2.93. The Morgan fingerprint density at radius 2 is 1.62 bits per heavy atom. The number of hydrogen-bond acceptors (Lipinski definition) is 4. The number of nitrogens with one attached hydrogen (secondary N) is 1. The molecule has 0 unspecified atom stereocenters. The zero-order chi connectivity index (χ0) is 19.3. The molecule has 0 spiro atoms. The van der Waals surface area contributed by atoms with Crippen LogP contribution in [0.1, 0.15) is 70.2 Å². The third-order valence-corrected chi connectivity index (χ3v) is 4.71. The van der Waals surface area contributed by atoms with Crippen LogP contribution in [0.3, 0.4) is 0 Å². The van der Waals surface area contributed by atoms with Gasteiger partial charge in [0, 0.05) is 16.7 Å². The summed E-state index contributed by atoms with van der Waals surface area (Å²) in [5.74, 6) is -0.664. The van der Waals surface area contributed by atoms with Crippen LogP contribution >= 0.6 is 0 Å². The van der Waals surface area contributed by atoms with Crippen molar-refractivity contribution in [3.05, 3.63) is 29.8 Å². The molecule has 0 aromatic heterocycles. The molecule has 0 heterocycles. The predicted molar refractivity (Wildman–Crippen MR) is 101 cm³/mol. The smallest absolute Gasteiger partial charge is 0.309 e. The van der Waals surface area contributed by atoms with Gasteiger partial charge >= 0.3 is 5.97 Å². The van der Waals surface area contributed by atoms with Crippen LogP contribution in [0.2, 0.25) is 0 Å². The second-order valence-corrected chi connectivity index (χ2v) is 8.06. The topological polar surface area (TPSA) is 72.5 Å².